The molecule has 0 aliphatic carbocycles. The van der Waals surface area contributed by atoms with E-state index < -0.39 is 0 Å². The first kappa shape index (κ1) is 14.1. The molecule has 2 rings (SSSR count). The van der Waals surface area contributed by atoms with Crippen LogP contribution in [0.5, 0.6) is 0 Å². The minimum Gasteiger partial charge on any atom is -0.310 e. The van der Waals surface area contributed by atoms with E-state index in [1.165, 1.54) is 16.7 Å². The first-order chi connectivity index (χ1) is 9.20. The molecular formula is C17H20ClN. The molecule has 0 fully saturated rings. The van der Waals surface area contributed by atoms with Gasteiger partial charge in [0.15, 0.2) is 0 Å². The number of halogens is 1. The maximum absolute atomic E-state index is 6.10. The fourth-order valence-corrected chi connectivity index (χ4v) is 2.54. The normalized spacial score (nSPS) is 12.4. The highest BCUT2D eigenvalue weighted by atomic mass is 35.5. The molecule has 2 heteroatoms. The predicted molar refractivity (Wildman–Crippen MR) is 82.8 cm³/mol. The van der Waals surface area contributed by atoms with E-state index in [0.29, 0.717) is 6.04 Å². The molecule has 0 spiro atoms. The lowest BCUT2D eigenvalue weighted by atomic mass is 9.96. The van der Waals surface area contributed by atoms with Gasteiger partial charge in [-0.05, 0) is 48.7 Å². The van der Waals surface area contributed by atoms with Crippen molar-refractivity contribution in [2.45, 2.75) is 26.3 Å². The fourth-order valence-electron chi connectivity index (χ4n) is 2.34. The molecule has 2 aromatic rings. The summed E-state index contributed by atoms with van der Waals surface area (Å²) in [6.45, 7) is 5.24. The van der Waals surface area contributed by atoms with Gasteiger partial charge in [0.05, 0.1) is 0 Å². The van der Waals surface area contributed by atoms with Crippen LogP contribution in [-0.2, 0) is 6.42 Å². The Bertz CT molecular complexity index is 536. The van der Waals surface area contributed by atoms with Crippen LogP contribution in [0.3, 0.4) is 0 Å². The highest BCUT2D eigenvalue weighted by Crippen LogP contribution is 2.22. The molecule has 1 N–H and O–H groups in total. The van der Waals surface area contributed by atoms with Crippen molar-refractivity contribution in [3.05, 3.63) is 70.2 Å². The lowest BCUT2D eigenvalue weighted by Gasteiger charge is -2.20. The van der Waals surface area contributed by atoms with Gasteiger partial charge in [-0.25, -0.2) is 0 Å². The zero-order valence-electron chi connectivity index (χ0n) is 11.5. The van der Waals surface area contributed by atoms with Crippen LogP contribution in [0.15, 0.2) is 48.5 Å². The summed E-state index contributed by atoms with van der Waals surface area (Å²) in [5.74, 6) is 0. The van der Waals surface area contributed by atoms with Gasteiger partial charge in [-0.15, -0.1) is 0 Å². The Kier molecular flexibility index (Phi) is 5.00. The minimum atomic E-state index is 0.310. The van der Waals surface area contributed by atoms with Crippen LogP contribution in [0, 0.1) is 6.92 Å². The molecule has 1 atom stereocenters. The number of likely N-dealkylation sites (N-methyl/N-ethyl adjacent to an activating group) is 1. The van der Waals surface area contributed by atoms with Gasteiger partial charge in [-0.3, -0.25) is 0 Å². The van der Waals surface area contributed by atoms with Crippen LogP contribution in [0.25, 0.3) is 0 Å². The van der Waals surface area contributed by atoms with Crippen molar-refractivity contribution >= 4 is 11.6 Å². The van der Waals surface area contributed by atoms with E-state index in [2.05, 4.69) is 49.5 Å². The van der Waals surface area contributed by atoms with Crippen molar-refractivity contribution in [1.29, 1.82) is 0 Å². The summed E-state index contributed by atoms with van der Waals surface area (Å²) >= 11 is 6.10. The Hall–Kier alpha value is -1.31. The molecule has 100 valence electrons. The Morgan fingerprint density at radius 1 is 1.11 bits per heavy atom. The summed E-state index contributed by atoms with van der Waals surface area (Å²) < 4.78 is 0. The van der Waals surface area contributed by atoms with E-state index in [1.807, 2.05) is 18.2 Å². The second kappa shape index (κ2) is 6.74. The lowest BCUT2D eigenvalue weighted by molar-refractivity contribution is 0.549. The van der Waals surface area contributed by atoms with E-state index in [4.69, 9.17) is 11.6 Å². The fraction of sp³-hybridized carbons (Fsp3) is 0.294. The van der Waals surface area contributed by atoms with Crippen LogP contribution in [-0.4, -0.2) is 6.54 Å². The second-order valence-corrected chi connectivity index (χ2v) is 5.23. The largest absolute Gasteiger partial charge is 0.310 e. The zero-order valence-corrected chi connectivity index (χ0v) is 12.2. The molecule has 0 saturated heterocycles. The highest BCUT2D eigenvalue weighted by molar-refractivity contribution is 6.30. The number of rotatable bonds is 5. The number of aryl methyl sites for hydroxylation is 1. The molecular weight excluding hydrogens is 254 g/mol. The first-order valence-electron chi connectivity index (χ1n) is 6.74. The predicted octanol–water partition coefficient (Wildman–Crippen LogP) is 4.54. The Balaban J connectivity index is 2.24. The molecule has 0 heterocycles. The van der Waals surface area contributed by atoms with Crippen LogP contribution < -0.4 is 5.32 Å². The molecule has 0 bridgehead atoms. The number of nitrogens with one attached hydrogen (secondary N) is 1. The molecule has 0 aliphatic heterocycles. The third-order valence-corrected chi connectivity index (χ3v) is 3.62. The summed E-state index contributed by atoms with van der Waals surface area (Å²) in [6, 6.07) is 17.0. The SMILES string of the molecule is CCNC(Cc1ccccc1C)c1cccc(Cl)c1. The van der Waals surface area contributed by atoms with Crippen LogP contribution >= 0.6 is 11.6 Å². The van der Waals surface area contributed by atoms with E-state index in [1.54, 1.807) is 0 Å². The monoisotopic (exact) mass is 273 g/mol. The number of hydrogen-bond donors (Lipinski definition) is 1. The summed E-state index contributed by atoms with van der Waals surface area (Å²) in [5, 5.41) is 4.34. The van der Waals surface area contributed by atoms with Crippen molar-refractivity contribution in [1.82, 2.24) is 5.32 Å². The van der Waals surface area contributed by atoms with Gasteiger partial charge in [0.2, 0.25) is 0 Å². The third-order valence-electron chi connectivity index (χ3n) is 3.39. The van der Waals surface area contributed by atoms with Crippen molar-refractivity contribution in [3.8, 4) is 0 Å². The Morgan fingerprint density at radius 3 is 2.58 bits per heavy atom. The quantitative estimate of drug-likeness (QED) is 0.843. The highest BCUT2D eigenvalue weighted by Gasteiger charge is 2.12. The van der Waals surface area contributed by atoms with Gasteiger partial charge in [0.1, 0.15) is 0 Å². The van der Waals surface area contributed by atoms with Crippen LogP contribution in [0.4, 0.5) is 0 Å². The molecule has 2 aromatic carbocycles. The average Bonchev–Trinajstić information content (AvgIpc) is 2.40. The average molecular weight is 274 g/mol. The van der Waals surface area contributed by atoms with E-state index >= 15 is 0 Å². The van der Waals surface area contributed by atoms with Crippen molar-refractivity contribution in [2.75, 3.05) is 6.54 Å². The first-order valence-corrected chi connectivity index (χ1v) is 7.12. The van der Waals surface area contributed by atoms with Gasteiger partial charge >= 0.3 is 0 Å². The maximum Gasteiger partial charge on any atom is 0.0409 e. The van der Waals surface area contributed by atoms with E-state index in [9.17, 15) is 0 Å². The topological polar surface area (TPSA) is 12.0 Å². The molecule has 0 aliphatic rings. The van der Waals surface area contributed by atoms with Gasteiger partial charge in [-0.2, -0.15) is 0 Å². The summed E-state index contributed by atoms with van der Waals surface area (Å²) in [4.78, 5) is 0. The maximum atomic E-state index is 6.10. The van der Waals surface area contributed by atoms with Crippen LogP contribution in [0.1, 0.15) is 29.7 Å². The van der Waals surface area contributed by atoms with E-state index in [0.717, 1.165) is 18.0 Å². The van der Waals surface area contributed by atoms with E-state index in [-0.39, 0.29) is 0 Å². The smallest absolute Gasteiger partial charge is 0.0409 e. The van der Waals surface area contributed by atoms with Crippen LogP contribution in [0.2, 0.25) is 5.02 Å². The molecule has 0 amide bonds. The van der Waals surface area contributed by atoms with Gasteiger partial charge in [-0.1, -0.05) is 54.9 Å². The van der Waals surface area contributed by atoms with Gasteiger partial charge < -0.3 is 5.32 Å². The standard InChI is InChI=1S/C17H20ClN/c1-3-19-17(15-9-6-10-16(18)11-15)12-14-8-5-4-7-13(14)2/h4-11,17,19H,3,12H2,1-2H3. The number of benzene rings is 2. The van der Waals surface area contributed by atoms with Gasteiger partial charge in [0, 0.05) is 11.1 Å². The van der Waals surface area contributed by atoms with Gasteiger partial charge in [0.25, 0.3) is 0 Å². The number of hydrogen-bond acceptors (Lipinski definition) is 1. The summed E-state index contributed by atoms with van der Waals surface area (Å²) in [5.41, 5.74) is 3.97. The van der Waals surface area contributed by atoms with Crippen molar-refractivity contribution in [2.24, 2.45) is 0 Å². The molecule has 19 heavy (non-hydrogen) atoms. The molecule has 1 unspecified atom stereocenters. The zero-order chi connectivity index (χ0) is 13.7. The Labute approximate surface area is 120 Å². The molecule has 1 nitrogen and oxygen atoms in total. The Morgan fingerprint density at radius 2 is 1.89 bits per heavy atom. The summed E-state index contributed by atoms with van der Waals surface area (Å²) in [6.07, 6.45) is 0.987. The lowest BCUT2D eigenvalue weighted by Crippen LogP contribution is -2.23. The van der Waals surface area contributed by atoms with Crippen molar-refractivity contribution < 1.29 is 0 Å². The van der Waals surface area contributed by atoms with Crippen molar-refractivity contribution in [3.63, 3.8) is 0 Å². The molecule has 0 aromatic heterocycles. The minimum absolute atomic E-state index is 0.310. The summed E-state index contributed by atoms with van der Waals surface area (Å²) in [7, 11) is 0. The molecule has 0 saturated carbocycles. The second-order valence-electron chi connectivity index (χ2n) is 4.80. The third kappa shape index (κ3) is 3.82. The molecule has 0 radical (unpaired) electrons.